The molecule has 20 heteroatoms. The van der Waals surface area contributed by atoms with Gasteiger partial charge in [-0.05, 0) is 91.4 Å². The lowest BCUT2D eigenvalue weighted by molar-refractivity contribution is -0.172. The van der Waals surface area contributed by atoms with Gasteiger partial charge >= 0.3 is 12.1 Å². The number of piperazine rings is 1. The topological polar surface area (TPSA) is 249 Å². The van der Waals surface area contributed by atoms with Crippen molar-refractivity contribution in [2.45, 2.75) is 77.0 Å². The summed E-state index contributed by atoms with van der Waals surface area (Å²) < 4.78 is 43.2. The zero-order valence-corrected chi connectivity index (χ0v) is 38.2. The number of amides is 2. The van der Waals surface area contributed by atoms with E-state index < -0.39 is 33.6 Å². The molecule has 0 aliphatic carbocycles. The van der Waals surface area contributed by atoms with Crippen molar-refractivity contribution >= 4 is 38.9 Å². The number of phenolic OH excluding ortho intramolecular Hbond substituents is 2. The molecule has 1 saturated heterocycles. The van der Waals surface area contributed by atoms with Crippen LogP contribution in [0.25, 0.3) is 39.4 Å². The maximum atomic E-state index is 13.9. The Balaban J connectivity index is 0.911. The number of nitrogens with one attached hydrogen (secondary N) is 1. The minimum absolute atomic E-state index is 0.0124. The molecule has 3 aromatic carbocycles. The standard InChI is InChI=1S/C47H48N8O11S/c1-6-29-31-19-27(11-14-36(31)49-40-33(29)23-54-37(40)21-35-34(44(54)59)24-65-45(60)47(35,62)7-2)66-46(61)52-15-17-53(18-16-52)67(63,64)28-12-9-26(10-13-28)55-41(50-51-42(55)43(58)48-8-3)32-20-30(25(4)5)38(56)22-39(32)57/h9-14,19-22,25,56-57,62H,6-8,15-18,23-24H2,1-5H3,(H,48,58). The maximum absolute atomic E-state index is 13.9. The van der Waals surface area contributed by atoms with Crippen molar-refractivity contribution < 1.29 is 47.6 Å². The molecule has 3 aromatic heterocycles. The Morgan fingerprint density at radius 3 is 2.33 bits per heavy atom. The molecule has 1 fully saturated rings. The maximum Gasteiger partial charge on any atom is 0.415 e. The Hall–Kier alpha value is -7.16. The first-order valence-electron chi connectivity index (χ1n) is 22.0. The molecule has 0 radical (unpaired) electrons. The summed E-state index contributed by atoms with van der Waals surface area (Å²) in [5.41, 5.74) is 2.58. The van der Waals surface area contributed by atoms with Crippen LogP contribution in [0.2, 0.25) is 0 Å². The molecular weight excluding hydrogens is 885 g/mol. The third-order valence-electron chi connectivity index (χ3n) is 12.8. The van der Waals surface area contributed by atoms with Crippen molar-refractivity contribution in [3.8, 4) is 45.7 Å². The van der Waals surface area contributed by atoms with E-state index >= 15 is 0 Å². The van der Waals surface area contributed by atoms with E-state index in [-0.39, 0.29) is 108 Å². The number of aliphatic hydroxyl groups is 1. The van der Waals surface area contributed by atoms with Crippen LogP contribution >= 0.6 is 0 Å². The van der Waals surface area contributed by atoms with Crippen LogP contribution in [0.4, 0.5) is 4.79 Å². The lowest BCUT2D eigenvalue weighted by Gasteiger charge is -2.33. The molecule has 1 atom stereocenters. The molecule has 67 heavy (non-hydrogen) atoms. The molecule has 3 aliphatic rings. The fraction of sp³-hybridized carbons (Fsp3) is 0.340. The number of pyridine rings is 2. The smallest absolute Gasteiger partial charge is 0.415 e. The summed E-state index contributed by atoms with van der Waals surface area (Å²) in [4.78, 5) is 59.3. The van der Waals surface area contributed by atoms with Crippen LogP contribution < -0.4 is 15.6 Å². The Bertz CT molecular complexity index is 3210. The van der Waals surface area contributed by atoms with Crippen LogP contribution in [-0.2, 0) is 44.7 Å². The molecule has 6 aromatic rings. The van der Waals surface area contributed by atoms with Gasteiger partial charge in [0.15, 0.2) is 11.4 Å². The number of sulfonamides is 1. The number of aromatic hydroxyl groups is 2. The SMILES string of the molecule is CCNC(=O)c1nnc(-c2cc(C(C)C)c(O)cc2O)n1-c1ccc(S(=O)(=O)N2CCN(C(=O)Oc3ccc4nc5c(c(CC)c4c3)Cn3c-5cc4c(c3=O)COC(=O)C4(O)CC)CC2)cc1. The summed E-state index contributed by atoms with van der Waals surface area (Å²) in [7, 11) is -4.05. The van der Waals surface area contributed by atoms with Gasteiger partial charge in [0.2, 0.25) is 15.8 Å². The van der Waals surface area contributed by atoms with Gasteiger partial charge < -0.3 is 39.6 Å². The van der Waals surface area contributed by atoms with Gasteiger partial charge in [-0.2, -0.15) is 4.31 Å². The highest BCUT2D eigenvalue weighted by Gasteiger charge is 2.45. The number of hydrogen-bond donors (Lipinski definition) is 4. The first-order valence-corrected chi connectivity index (χ1v) is 23.4. The molecule has 0 spiro atoms. The monoisotopic (exact) mass is 932 g/mol. The van der Waals surface area contributed by atoms with Crippen LogP contribution in [0.1, 0.15) is 85.4 Å². The molecule has 0 saturated carbocycles. The van der Waals surface area contributed by atoms with Crippen molar-refractivity contribution in [2.24, 2.45) is 0 Å². The molecule has 348 valence electrons. The highest BCUT2D eigenvalue weighted by Crippen LogP contribution is 2.42. The fourth-order valence-electron chi connectivity index (χ4n) is 9.13. The number of aryl methyl sites for hydroxylation is 1. The van der Waals surface area contributed by atoms with Gasteiger partial charge in [-0.15, -0.1) is 10.2 Å². The third kappa shape index (κ3) is 7.44. The number of aromatic nitrogens is 5. The highest BCUT2D eigenvalue weighted by atomic mass is 32.2. The van der Waals surface area contributed by atoms with E-state index in [9.17, 15) is 42.9 Å². The number of hydrogen-bond acceptors (Lipinski definition) is 14. The number of ether oxygens (including phenoxy) is 2. The summed E-state index contributed by atoms with van der Waals surface area (Å²) in [6.45, 7) is 9.47. The van der Waals surface area contributed by atoms with Gasteiger partial charge in [0, 0.05) is 61.0 Å². The summed E-state index contributed by atoms with van der Waals surface area (Å²) in [6.07, 6.45) is -0.0743. The average Bonchev–Trinajstić information content (AvgIpc) is 3.92. The second-order valence-corrected chi connectivity index (χ2v) is 18.9. The second kappa shape index (κ2) is 16.9. The predicted octanol–water partition coefficient (Wildman–Crippen LogP) is 4.68. The summed E-state index contributed by atoms with van der Waals surface area (Å²) in [5, 5.41) is 44.4. The van der Waals surface area contributed by atoms with Crippen LogP contribution in [0.15, 0.2) is 70.4 Å². The quantitative estimate of drug-likeness (QED) is 0.136. The molecule has 0 bridgehead atoms. The van der Waals surface area contributed by atoms with E-state index in [4.69, 9.17) is 14.5 Å². The average molecular weight is 933 g/mol. The van der Waals surface area contributed by atoms with Gasteiger partial charge in [0.25, 0.3) is 11.5 Å². The van der Waals surface area contributed by atoms with Gasteiger partial charge in [0.05, 0.1) is 39.5 Å². The summed E-state index contributed by atoms with van der Waals surface area (Å²) in [6, 6.07) is 15.3. The van der Waals surface area contributed by atoms with Crippen LogP contribution in [0, 0.1) is 0 Å². The van der Waals surface area contributed by atoms with Gasteiger partial charge in [-0.1, -0.05) is 27.7 Å². The summed E-state index contributed by atoms with van der Waals surface area (Å²) >= 11 is 0. The zero-order chi connectivity index (χ0) is 47.7. The number of cyclic esters (lactones) is 1. The zero-order valence-electron chi connectivity index (χ0n) is 37.4. The van der Waals surface area contributed by atoms with Crippen molar-refractivity contribution in [2.75, 3.05) is 32.7 Å². The van der Waals surface area contributed by atoms with E-state index in [1.54, 1.807) is 48.7 Å². The van der Waals surface area contributed by atoms with Gasteiger partial charge in [-0.25, -0.2) is 23.0 Å². The van der Waals surface area contributed by atoms with E-state index in [0.29, 0.717) is 41.1 Å². The number of rotatable bonds is 10. The van der Waals surface area contributed by atoms with Crippen molar-refractivity contribution in [3.63, 3.8) is 0 Å². The molecule has 4 N–H and O–H groups in total. The molecular formula is C47H48N8O11S. The molecule has 19 nitrogen and oxygen atoms in total. The Morgan fingerprint density at radius 1 is 0.925 bits per heavy atom. The Labute approximate surface area is 384 Å². The molecule has 2 amide bonds. The first kappa shape index (κ1) is 45.0. The van der Waals surface area contributed by atoms with E-state index in [2.05, 4.69) is 15.5 Å². The number of nitrogens with zero attached hydrogens (tertiary/aromatic N) is 7. The molecule has 6 heterocycles. The number of carbonyl (C=O) groups excluding carboxylic acids is 3. The van der Waals surface area contributed by atoms with Gasteiger partial charge in [0.1, 0.15) is 23.9 Å². The molecule has 9 rings (SSSR count). The Morgan fingerprint density at radius 2 is 1.66 bits per heavy atom. The first-order chi connectivity index (χ1) is 32.0. The number of benzene rings is 3. The van der Waals surface area contributed by atoms with Crippen LogP contribution in [-0.4, -0.2) is 108 Å². The van der Waals surface area contributed by atoms with E-state index in [1.807, 2.05) is 20.8 Å². The number of fused-ring (bicyclic) bond motifs is 5. The van der Waals surface area contributed by atoms with Crippen molar-refractivity contribution in [3.05, 3.63) is 105 Å². The number of esters is 1. The van der Waals surface area contributed by atoms with Crippen molar-refractivity contribution in [1.82, 2.24) is 38.8 Å². The van der Waals surface area contributed by atoms with Crippen LogP contribution in [0.5, 0.6) is 17.2 Å². The second-order valence-electron chi connectivity index (χ2n) is 16.9. The largest absolute Gasteiger partial charge is 0.508 e. The van der Waals surface area contributed by atoms with E-state index in [1.165, 1.54) is 44.1 Å². The Kier molecular flexibility index (Phi) is 11.4. The molecule has 3 aliphatic heterocycles. The van der Waals surface area contributed by atoms with Crippen molar-refractivity contribution in [1.29, 1.82) is 0 Å². The third-order valence-corrected chi connectivity index (χ3v) is 14.7. The predicted molar refractivity (Wildman–Crippen MR) is 242 cm³/mol. The van der Waals surface area contributed by atoms with Crippen LogP contribution in [0.3, 0.4) is 0 Å². The normalized spacial score (nSPS) is 17.0. The van der Waals surface area contributed by atoms with Gasteiger partial charge in [-0.3, -0.25) is 14.2 Å². The fourth-order valence-corrected chi connectivity index (χ4v) is 10.5. The lowest BCUT2D eigenvalue weighted by Crippen LogP contribution is -2.51. The highest BCUT2D eigenvalue weighted by molar-refractivity contribution is 7.89. The summed E-state index contributed by atoms with van der Waals surface area (Å²) in [5.74, 6) is -1.60. The van der Waals surface area contributed by atoms with E-state index in [0.717, 1.165) is 16.5 Å². The lowest BCUT2D eigenvalue weighted by atomic mass is 9.86. The molecule has 1 unspecified atom stereocenters. The number of carbonyl (C=O) groups is 3. The minimum atomic E-state index is -4.05. The minimum Gasteiger partial charge on any atom is -0.508 e. The number of phenols is 2.